The molecule has 0 amide bonds. The van der Waals surface area contributed by atoms with Gasteiger partial charge in [-0.05, 0) is 65.8 Å². The number of pyridine rings is 1. The molecule has 1 saturated heterocycles. The van der Waals surface area contributed by atoms with Crippen molar-refractivity contribution in [2.24, 2.45) is 7.05 Å². The molecular weight excluding hydrogens is 378 g/mol. The van der Waals surface area contributed by atoms with E-state index in [0.717, 1.165) is 11.1 Å². The quantitative estimate of drug-likeness (QED) is 0.304. The second kappa shape index (κ2) is 7.96. The Morgan fingerprint density at radius 3 is 2.40 bits per heavy atom. The summed E-state index contributed by atoms with van der Waals surface area (Å²) in [7, 11) is 1.16. The largest absolute Gasteiger partial charge is 0.220 e. The molecule has 0 aliphatic carbocycles. The van der Waals surface area contributed by atoms with E-state index in [1.807, 2.05) is 0 Å². The van der Waals surface area contributed by atoms with Crippen molar-refractivity contribution in [1.82, 2.24) is 0 Å². The summed E-state index contributed by atoms with van der Waals surface area (Å²) in [6.45, 7) is 13.9. The SMILES string of the molecule is [2H]c1c(C)[n+](C)c(-c2cc(C(C)C)ccc2C)c2ccc(C3CC[Si](C)(C)CC3)cc12. The van der Waals surface area contributed by atoms with Gasteiger partial charge in [-0.1, -0.05) is 63.3 Å². The number of aromatic nitrogens is 1. The molecule has 1 aromatic heterocycles. The Balaban J connectivity index is 1.89. The molecule has 0 bridgehead atoms. The predicted octanol–water partition coefficient (Wildman–Crippen LogP) is 7.66. The monoisotopic (exact) mass is 417 g/mol. The lowest BCUT2D eigenvalue weighted by molar-refractivity contribution is -0.665. The number of hydrogen-bond acceptors (Lipinski definition) is 0. The maximum atomic E-state index is 8.91. The molecular formula is C28H38NSi+. The van der Waals surface area contributed by atoms with E-state index in [4.69, 9.17) is 1.37 Å². The van der Waals surface area contributed by atoms with Gasteiger partial charge in [-0.25, -0.2) is 0 Å². The Bertz CT molecular complexity index is 1140. The first-order chi connectivity index (χ1) is 14.6. The van der Waals surface area contributed by atoms with Crippen LogP contribution in [0.15, 0.2) is 42.4 Å². The lowest BCUT2D eigenvalue weighted by Gasteiger charge is -2.33. The molecule has 2 heteroatoms. The van der Waals surface area contributed by atoms with E-state index in [9.17, 15) is 0 Å². The fourth-order valence-electron chi connectivity index (χ4n) is 5.07. The Morgan fingerprint density at radius 2 is 1.73 bits per heavy atom. The molecule has 0 atom stereocenters. The highest BCUT2D eigenvalue weighted by Gasteiger charge is 2.29. The van der Waals surface area contributed by atoms with Gasteiger partial charge in [0.05, 0.1) is 6.76 Å². The molecule has 0 unspecified atom stereocenters. The molecule has 1 nitrogen and oxygen atoms in total. The molecule has 3 aromatic rings. The summed E-state index contributed by atoms with van der Waals surface area (Å²) in [6.07, 6.45) is 2.64. The summed E-state index contributed by atoms with van der Waals surface area (Å²) >= 11 is 0. The van der Waals surface area contributed by atoms with E-state index in [-0.39, 0.29) is 0 Å². The van der Waals surface area contributed by atoms with Crippen molar-refractivity contribution < 1.29 is 5.94 Å². The average Bonchev–Trinajstić information content (AvgIpc) is 2.73. The molecule has 4 rings (SSSR count). The molecule has 1 aliphatic rings. The standard InChI is InChI=1S/C28H38NSi/c1-19(2)23-9-8-20(3)27(18-23)28-26-11-10-24(17-25(26)16-21(4)29(28)5)22-12-14-30(6,7)15-13-22/h8-11,16-19,22H,12-15H2,1-7H3/q+1/i16D. The molecule has 2 heterocycles. The minimum Gasteiger partial charge on any atom is -0.198 e. The molecule has 0 N–H and O–H groups in total. The van der Waals surface area contributed by atoms with E-state index in [1.54, 1.807) is 0 Å². The van der Waals surface area contributed by atoms with E-state index in [0.29, 0.717) is 17.9 Å². The number of benzene rings is 2. The zero-order valence-corrected chi connectivity index (χ0v) is 20.9. The van der Waals surface area contributed by atoms with Crippen molar-refractivity contribution in [1.29, 1.82) is 0 Å². The van der Waals surface area contributed by atoms with Crippen LogP contribution in [0.1, 0.15) is 62.3 Å². The minimum absolute atomic E-state index is 0.498. The highest BCUT2D eigenvalue weighted by atomic mass is 28.3. The van der Waals surface area contributed by atoms with Crippen molar-refractivity contribution in [3.05, 3.63) is 64.8 Å². The number of rotatable bonds is 3. The molecule has 158 valence electrons. The maximum absolute atomic E-state index is 8.91. The number of fused-ring (bicyclic) bond motifs is 1. The average molecular weight is 418 g/mol. The third-order valence-corrected chi connectivity index (χ3v) is 10.7. The highest BCUT2D eigenvalue weighted by Crippen LogP contribution is 2.40. The van der Waals surface area contributed by atoms with Crippen molar-refractivity contribution in [2.75, 3.05) is 0 Å². The number of hydrogen-bond donors (Lipinski definition) is 0. The van der Waals surface area contributed by atoms with Crippen LogP contribution in [0.2, 0.25) is 25.2 Å². The summed E-state index contributed by atoms with van der Waals surface area (Å²) in [5.41, 5.74) is 7.67. The Morgan fingerprint density at radius 1 is 1.03 bits per heavy atom. The van der Waals surface area contributed by atoms with Crippen LogP contribution in [0.4, 0.5) is 0 Å². The number of nitrogens with zero attached hydrogens (tertiary/aromatic N) is 1. The Hall–Kier alpha value is -1.93. The lowest BCUT2D eigenvalue weighted by atomic mass is 9.89. The van der Waals surface area contributed by atoms with Gasteiger partial charge >= 0.3 is 0 Å². The van der Waals surface area contributed by atoms with Crippen LogP contribution in [0.25, 0.3) is 22.0 Å². The first kappa shape index (κ1) is 20.0. The van der Waals surface area contributed by atoms with Gasteiger partial charge in [0.25, 0.3) is 0 Å². The van der Waals surface area contributed by atoms with Crippen LogP contribution in [0.3, 0.4) is 0 Å². The van der Waals surface area contributed by atoms with Gasteiger partial charge in [0.15, 0.2) is 5.69 Å². The third kappa shape index (κ3) is 3.99. The van der Waals surface area contributed by atoms with Crippen LogP contribution in [0, 0.1) is 13.8 Å². The molecule has 0 radical (unpaired) electrons. The second-order valence-corrected chi connectivity index (χ2v) is 15.9. The minimum atomic E-state index is -0.961. The molecule has 30 heavy (non-hydrogen) atoms. The lowest BCUT2D eigenvalue weighted by Crippen LogP contribution is -2.35. The van der Waals surface area contributed by atoms with Gasteiger partial charge < -0.3 is 0 Å². The first-order valence-electron chi connectivity index (χ1n) is 12.1. The van der Waals surface area contributed by atoms with E-state index in [1.165, 1.54) is 58.3 Å². The van der Waals surface area contributed by atoms with Gasteiger partial charge in [0.2, 0.25) is 5.69 Å². The predicted molar refractivity (Wildman–Crippen MR) is 133 cm³/mol. The molecule has 2 aromatic carbocycles. The highest BCUT2D eigenvalue weighted by molar-refractivity contribution is 6.77. The molecule has 1 aliphatic heterocycles. The maximum Gasteiger partial charge on any atom is 0.220 e. The van der Waals surface area contributed by atoms with Crippen molar-refractivity contribution in [3.63, 3.8) is 0 Å². The van der Waals surface area contributed by atoms with Gasteiger partial charge in [-0.3, -0.25) is 0 Å². The second-order valence-electron chi connectivity index (χ2n) is 10.6. The van der Waals surface area contributed by atoms with Crippen LogP contribution in [-0.2, 0) is 7.05 Å². The van der Waals surface area contributed by atoms with Crippen molar-refractivity contribution in [2.45, 2.75) is 77.6 Å². The van der Waals surface area contributed by atoms with E-state index in [2.05, 4.69) is 88.8 Å². The summed E-state index contributed by atoms with van der Waals surface area (Å²) in [5, 5.41) is 2.32. The smallest absolute Gasteiger partial charge is 0.198 e. The zero-order valence-electron chi connectivity index (χ0n) is 20.9. The Labute approximate surface area is 185 Å². The molecule has 1 fully saturated rings. The van der Waals surface area contributed by atoms with Gasteiger partial charge in [0, 0.05) is 26.6 Å². The van der Waals surface area contributed by atoms with Crippen LogP contribution in [-0.4, -0.2) is 8.07 Å². The molecule has 0 spiro atoms. The van der Waals surface area contributed by atoms with Crippen molar-refractivity contribution in [3.8, 4) is 11.3 Å². The summed E-state index contributed by atoms with van der Waals surface area (Å²) in [5.74, 6) is 1.16. The van der Waals surface area contributed by atoms with Gasteiger partial charge in [0.1, 0.15) is 7.05 Å². The summed E-state index contributed by atoms with van der Waals surface area (Å²) in [4.78, 5) is 0. The van der Waals surface area contributed by atoms with E-state index < -0.39 is 8.07 Å². The topological polar surface area (TPSA) is 3.88 Å². The normalized spacial score (nSPS) is 17.5. The fourth-order valence-corrected chi connectivity index (χ4v) is 7.57. The Kier molecular flexibility index (Phi) is 5.31. The van der Waals surface area contributed by atoms with Crippen molar-refractivity contribution >= 4 is 18.8 Å². The van der Waals surface area contributed by atoms with Crippen LogP contribution >= 0.6 is 0 Å². The fraction of sp³-hybridized carbons (Fsp3) is 0.464. The van der Waals surface area contributed by atoms with Crippen LogP contribution < -0.4 is 4.57 Å². The summed E-state index contributed by atoms with van der Waals surface area (Å²) < 4.78 is 11.1. The number of aryl methyl sites for hydroxylation is 1. The van der Waals surface area contributed by atoms with Gasteiger partial charge in [-0.2, -0.15) is 4.57 Å². The van der Waals surface area contributed by atoms with Gasteiger partial charge in [-0.15, -0.1) is 0 Å². The third-order valence-electron chi connectivity index (χ3n) is 7.45. The first-order valence-corrected chi connectivity index (χ1v) is 15.0. The zero-order chi connectivity index (χ0) is 22.5. The van der Waals surface area contributed by atoms with E-state index >= 15 is 0 Å². The summed E-state index contributed by atoms with van der Waals surface area (Å²) in [6, 6.07) is 17.4. The molecule has 0 saturated carbocycles. The van der Waals surface area contributed by atoms with Crippen LogP contribution in [0.5, 0.6) is 0 Å².